The van der Waals surface area contributed by atoms with Crippen LogP contribution < -0.4 is 10.6 Å². The minimum absolute atomic E-state index is 0.0327. The fraction of sp³-hybridized carbons (Fsp3) is 0.714. The third kappa shape index (κ3) is 1.69. The van der Waals surface area contributed by atoms with Crippen LogP contribution in [0.4, 0.5) is 0 Å². The number of hydrogen-bond acceptors (Lipinski definition) is 3. The van der Waals surface area contributed by atoms with Gasteiger partial charge in [0.2, 0.25) is 5.91 Å². The molecule has 0 aromatic rings. The molecule has 60 valence electrons. The Balaban J connectivity index is 2.47. The van der Waals surface area contributed by atoms with Gasteiger partial charge in [0.15, 0.2) is 6.19 Å². The van der Waals surface area contributed by atoms with E-state index in [1.165, 1.54) is 0 Å². The highest BCUT2D eigenvalue weighted by atomic mass is 16.1. The standard InChI is InChI=1S/C7H11N3O/c1-5-2-9-3-6(5)7(11)10-4-8/h5-6,9H,2-3H2,1H3,(H,10,11)/t5-,6-/m1/s1. The fourth-order valence-corrected chi connectivity index (χ4v) is 1.31. The van der Waals surface area contributed by atoms with Gasteiger partial charge in [0, 0.05) is 6.54 Å². The van der Waals surface area contributed by atoms with Gasteiger partial charge in [-0.3, -0.25) is 10.1 Å². The van der Waals surface area contributed by atoms with Crippen LogP contribution >= 0.6 is 0 Å². The van der Waals surface area contributed by atoms with E-state index < -0.39 is 0 Å². The molecule has 1 aliphatic heterocycles. The van der Waals surface area contributed by atoms with Gasteiger partial charge >= 0.3 is 0 Å². The molecule has 2 atom stereocenters. The van der Waals surface area contributed by atoms with E-state index in [2.05, 4.69) is 10.6 Å². The van der Waals surface area contributed by atoms with Crippen LogP contribution in [0.25, 0.3) is 0 Å². The molecule has 0 radical (unpaired) electrons. The van der Waals surface area contributed by atoms with Crippen molar-refractivity contribution in [3.05, 3.63) is 0 Å². The molecule has 0 bridgehead atoms. The van der Waals surface area contributed by atoms with Gasteiger partial charge in [0.1, 0.15) is 0 Å². The Bertz CT molecular complexity index is 196. The second-order valence-electron chi connectivity index (χ2n) is 2.84. The van der Waals surface area contributed by atoms with Crippen LogP contribution in [0.2, 0.25) is 0 Å². The van der Waals surface area contributed by atoms with E-state index in [0.717, 1.165) is 6.54 Å². The van der Waals surface area contributed by atoms with Crippen molar-refractivity contribution >= 4 is 5.91 Å². The van der Waals surface area contributed by atoms with Crippen molar-refractivity contribution in [1.29, 1.82) is 5.26 Å². The average Bonchev–Trinajstić information content (AvgIpc) is 2.36. The predicted octanol–water partition coefficient (Wildman–Crippen LogP) is -0.561. The first-order valence-corrected chi connectivity index (χ1v) is 3.65. The summed E-state index contributed by atoms with van der Waals surface area (Å²) >= 11 is 0. The molecule has 11 heavy (non-hydrogen) atoms. The molecule has 1 fully saturated rings. The van der Waals surface area contributed by atoms with Crippen LogP contribution in [0.3, 0.4) is 0 Å². The van der Waals surface area contributed by atoms with Crippen molar-refractivity contribution < 1.29 is 4.79 Å². The quantitative estimate of drug-likeness (QED) is 0.392. The third-order valence-corrected chi connectivity index (χ3v) is 2.03. The Kier molecular flexibility index (Phi) is 2.44. The lowest BCUT2D eigenvalue weighted by Crippen LogP contribution is -2.31. The minimum Gasteiger partial charge on any atom is -0.316 e. The van der Waals surface area contributed by atoms with Gasteiger partial charge in [-0.25, -0.2) is 0 Å². The molecule has 1 aliphatic rings. The number of rotatable bonds is 1. The summed E-state index contributed by atoms with van der Waals surface area (Å²) in [5.41, 5.74) is 0. The molecule has 0 spiro atoms. The van der Waals surface area contributed by atoms with Crippen molar-refractivity contribution in [2.75, 3.05) is 13.1 Å². The maximum atomic E-state index is 11.1. The van der Waals surface area contributed by atoms with Crippen LogP contribution in [0.5, 0.6) is 0 Å². The van der Waals surface area contributed by atoms with E-state index in [1.54, 1.807) is 6.19 Å². The first-order valence-electron chi connectivity index (χ1n) is 3.65. The van der Waals surface area contributed by atoms with E-state index in [9.17, 15) is 4.79 Å². The van der Waals surface area contributed by atoms with Crippen LogP contribution in [0.15, 0.2) is 0 Å². The highest BCUT2D eigenvalue weighted by molar-refractivity contribution is 5.80. The number of nitrogens with one attached hydrogen (secondary N) is 2. The minimum atomic E-state index is -0.162. The average molecular weight is 153 g/mol. The molecule has 1 amide bonds. The highest BCUT2D eigenvalue weighted by Gasteiger charge is 2.29. The zero-order chi connectivity index (χ0) is 8.27. The summed E-state index contributed by atoms with van der Waals surface area (Å²) < 4.78 is 0. The van der Waals surface area contributed by atoms with Gasteiger partial charge in [-0.2, -0.15) is 5.26 Å². The second-order valence-corrected chi connectivity index (χ2v) is 2.84. The smallest absolute Gasteiger partial charge is 0.237 e. The monoisotopic (exact) mass is 153 g/mol. The van der Waals surface area contributed by atoms with Crippen molar-refractivity contribution in [1.82, 2.24) is 10.6 Å². The molecule has 1 saturated heterocycles. The maximum absolute atomic E-state index is 11.1. The molecule has 2 N–H and O–H groups in total. The molecular formula is C7H11N3O. The molecule has 1 rings (SSSR count). The Morgan fingerprint density at radius 2 is 2.45 bits per heavy atom. The van der Waals surface area contributed by atoms with Gasteiger partial charge in [-0.15, -0.1) is 0 Å². The Morgan fingerprint density at radius 3 is 2.91 bits per heavy atom. The van der Waals surface area contributed by atoms with E-state index in [0.29, 0.717) is 12.5 Å². The first-order chi connectivity index (χ1) is 5.25. The first kappa shape index (κ1) is 8.02. The van der Waals surface area contributed by atoms with Crippen molar-refractivity contribution in [2.45, 2.75) is 6.92 Å². The number of carbonyl (C=O) groups excluding carboxylic acids is 1. The lowest BCUT2D eigenvalue weighted by molar-refractivity contribution is -0.124. The van der Waals surface area contributed by atoms with Gasteiger partial charge in [0.25, 0.3) is 0 Å². The molecular weight excluding hydrogens is 142 g/mol. The van der Waals surface area contributed by atoms with E-state index in [-0.39, 0.29) is 11.8 Å². The Labute approximate surface area is 65.6 Å². The number of nitrogens with zero attached hydrogens (tertiary/aromatic N) is 1. The van der Waals surface area contributed by atoms with Crippen LogP contribution in [0.1, 0.15) is 6.92 Å². The third-order valence-electron chi connectivity index (χ3n) is 2.03. The maximum Gasteiger partial charge on any atom is 0.237 e. The molecule has 0 aromatic heterocycles. The van der Waals surface area contributed by atoms with Crippen LogP contribution in [-0.2, 0) is 4.79 Å². The highest BCUT2D eigenvalue weighted by Crippen LogP contribution is 2.15. The van der Waals surface area contributed by atoms with Crippen LogP contribution in [0, 0.1) is 23.3 Å². The number of hydrogen-bond donors (Lipinski definition) is 2. The number of nitriles is 1. The fourth-order valence-electron chi connectivity index (χ4n) is 1.31. The number of carbonyl (C=O) groups is 1. The zero-order valence-electron chi connectivity index (χ0n) is 6.42. The Hall–Kier alpha value is -1.08. The molecule has 4 heteroatoms. The number of amides is 1. The van der Waals surface area contributed by atoms with Gasteiger partial charge in [-0.1, -0.05) is 6.92 Å². The molecule has 0 saturated carbocycles. The van der Waals surface area contributed by atoms with Crippen molar-refractivity contribution in [2.24, 2.45) is 11.8 Å². The lowest BCUT2D eigenvalue weighted by Gasteiger charge is -2.09. The molecule has 0 unspecified atom stereocenters. The lowest BCUT2D eigenvalue weighted by atomic mass is 9.97. The van der Waals surface area contributed by atoms with Crippen molar-refractivity contribution in [3.63, 3.8) is 0 Å². The van der Waals surface area contributed by atoms with Gasteiger partial charge < -0.3 is 5.32 Å². The zero-order valence-corrected chi connectivity index (χ0v) is 6.42. The normalized spacial score (nSPS) is 29.5. The second kappa shape index (κ2) is 3.35. The van der Waals surface area contributed by atoms with E-state index >= 15 is 0 Å². The topological polar surface area (TPSA) is 64.9 Å². The van der Waals surface area contributed by atoms with E-state index in [1.807, 2.05) is 6.92 Å². The van der Waals surface area contributed by atoms with Gasteiger partial charge in [-0.05, 0) is 12.5 Å². The summed E-state index contributed by atoms with van der Waals surface area (Å²) in [5.74, 6) is 0.142. The molecule has 1 heterocycles. The molecule has 0 aliphatic carbocycles. The summed E-state index contributed by atoms with van der Waals surface area (Å²) in [6, 6.07) is 0. The summed E-state index contributed by atoms with van der Waals surface area (Å²) in [5, 5.41) is 13.4. The summed E-state index contributed by atoms with van der Waals surface area (Å²) in [6.07, 6.45) is 1.64. The van der Waals surface area contributed by atoms with Crippen LogP contribution in [-0.4, -0.2) is 19.0 Å². The molecule has 4 nitrogen and oxygen atoms in total. The van der Waals surface area contributed by atoms with E-state index in [4.69, 9.17) is 5.26 Å². The summed E-state index contributed by atoms with van der Waals surface area (Å²) in [4.78, 5) is 11.1. The molecule has 0 aromatic carbocycles. The summed E-state index contributed by atoms with van der Waals surface area (Å²) in [6.45, 7) is 3.56. The predicted molar refractivity (Wildman–Crippen MR) is 39.3 cm³/mol. The van der Waals surface area contributed by atoms with Crippen molar-refractivity contribution in [3.8, 4) is 6.19 Å². The summed E-state index contributed by atoms with van der Waals surface area (Å²) in [7, 11) is 0. The SMILES string of the molecule is C[C@@H]1CNC[C@H]1C(=O)NC#N. The van der Waals surface area contributed by atoms with Gasteiger partial charge in [0.05, 0.1) is 5.92 Å². The Morgan fingerprint density at radius 1 is 1.73 bits per heavy atom. The largest absolute Gasteiger partial charge is 0.316 e.